The molecule has 0 aromatic heterocycles. The molecular weight excluding hydrogens is 266 g/mol. The first-order valence-corrected chi connectivity index (χ1v) is 7.90. The summed E-state index contributed by atoms with van der Waals surface area (Å²) >= 11 is 0. The van der Waals surface area contributed by atoms with Gasteiger partial charge in [-0.2, -0.15) is 0 Å². The highest BCUT2D eigenvalue weighted by molar-refractivity contribution is 5.46. The Balaban J connectivity index is 2.30. The molecule has 0 aliphatic rings. The van der Waals surface area contributed by atoms with E-state index in [4.69, 9.17) is 14.2 Å². The van der Waals surface area contributed by atoms with Crippen molar-refractivity contribution in [3.63, 3.8) is 0 Å². The first kappa shape index (κ1) is 17.8. The van der Waals surface area contributed by atoms with Gasteiger partial charge in [-0.25, -0.2) is 0 Å². The van der Waals surface area contributed by atoms with Crippen LogP contribution in [0.5, 0.6) is 11.5 Å². The van der Waals surface area contributed by atoms with Gasteiger partial charge in [0.15, 0.2) is 11.5 Å². The number of hydrogen-bond acceptors (Lipinski definition) is 4. The van der Waals surface area contributed by atoms with Crippen LogP contribution in [0.25, 0.3) is 0 Å². The van der Waals surface area contributed by atoms with Crippen LogP contribution in [0.15, 0.2) is 18.2 Å². The van der Waals surface area contributed by atoms with Gasteiger partial charge in [0.05, 0.1) is 13.7 Å². The summed E-state index contributed by atoms with van der Waals surface area (Å²) in [6, 6.07) is 6.00. The third-order valence-electron chi connectivity index (χ3n) is 3.16. The standard InChI is InChI=1S/C17H29NO3/c1-4-6-12-20-13-8-11-18-14-15-9-7-10-16(21-5-2)17(15)19-3/h7,9-10,18H,4-6,8,11-14H2,1-3H3. The summed E-state index contributed by atoms with van der Waals surface area (Å²) in [6.45, 7) is 8.21. The van der Waals surface area contributed by atoms with E-state index in [9.17, 15) is 0 Å². The largest absolute Gasteiger partial charge is 0.493 e. The van der Waals surface area contributed by atoms with E-state index in [1.165, 1.54) is 6.42 Å². The van der Waals surface area contributed by atoms with Gasteiger partial charge in [-0.15, -0.1) is 0 Å². The summed E-state index contributed by atoms with van der Waals surface area (Å²) in [5.74, 6) is 1.63. The number of benzene rings is 1. The minimum absolute atomic E-state index is 0.641. The molecule has 0 aliphatic heterocycles. The lowest BCUT2D eigenvalue weighted by Gasteiger charge is -2.14. The molecule has 0 saturated carbocycles. The first-order chi connectivity index (χ1) is 10.3. The Morgan fingerprint density at radius 1 is 1.10 bits per heavy atom. The quantitative estimate of drug-likeness (QED) is 0.600. The number of rotatable bonds is 12. The molecular formula is C17H29NO3. The normalized spacial score (nSPS) is 10.6. The van der Waals surface area contributed by atoms with Gasteiger partial charge in [-0.05, 0) is 32.4 Å². The Morgan fingerprint density at radius 3 is 2.62 bits per heavy atom. The number of nitrogens with one attached hydrogen (secondary N) is 1. The van der Waals surface area contributed by atoms with Crippen molar-refractivity contribution in [1.82, 2.24) is 5.32 Å². The Labute approximate surface area is 128 Å². The van der Waals surface area contributed by atoms with Crippen LogP contribution < -0.4 is 14.8 Å². The van der Waals surface area contributed by atoms with Crippen molar-refractivity contribution >= 4 is 0 Å². The Morgan fingerprint density at radius 2 is 1.90 bits per heavy atom. The molecule has 120 valence electrons. The Bertz CT molecular complexity index is 382. The fourth-order valence-corrected chi connectivity index (χ4v) is 2.07. The van der Waals surface area contributed by atoms with Crippen LogP contribution in [-0.4, -0.2) is 33.5 Å². The highest BCUT2D eigenvalue weighted by atomic mass is 16.5. The van der Waals surface area contributed by atoms with Crippen LogP contribution in [-0.2, 0) is 11.3 Å². The molecule has 0 saturated heterocycles. The van der Waals surface area contributed by atoms with E-state index in [2.05, 4.69) is 18.3 Å². The molecule has 0 atom stereocenters. The van der Waals surface area contributed by atoms with E-state index in [-0.39, 0.29) is 0 Å². The van der Waals surface area contributed by atoms with Crippen LogP contribution in [0.2, 0.25) is 0 Å². The minimum Gasteiger partial charge on any atom is -0.493 e. The fourth-order valence-electron chi connectivity index (χ4n) is 2.07. The summed E-state index contributed by atoms with van der Waals surface area (Å²) in [5, 5.41) is 3.42. The maximum atomic E-state index is 5.58. The van der Waals surface area contributed by atoms with Crippen LogP contribution in [0.1, 0.15) is 38.7 Å². The number of ether oxygens (including phenoxy) is 3. The van der Waals surface area contributed by atoms with Gasteiger partial charge >= 0.3 is 0 Å². The molecule has 0 unspecified atom stereocenters. The van der Waals surface area contributed by atoms with Crippen molar-refractivity contribution in [3.05, 3.63) is 23.8 Å². The molecule has 4 heteroatoms. The number of hydrogen-bond donors (Lipinski definition) is 1. The van der Waals surface area contributed by atoms with Gasteiger partial charge in [0.1, 0.15) is 0 Å². The van der Waals surface area contributed by atoms with Crippen LogP contribution in [0, 0.1) is 0 Å². The molecule has 0 fully saturated rings. The predicted molar refractivity (Wildman–Crippen MR) is 86.2 cm³/mol. The van der Waals surface area contributed by atoms with E-state index >= 15 is 0 Å². The zero-order valence-electron chi connectivity index (χ0n) is 13.6. The average molecular weight is 295 g/mol. The van der Waals surface area contributed by atoms with E-state index < -0.39 is 0 Å². The van der Waals surface area contributed by atoms with Gasteiger partial charge in [0, 0.05) is 25.3 Å². The monoisotopic (exact) mass is 295 g/mol. The highest BCUT2D eigenvalue weighted by Gasteiger charge is 2.09. The summed E-state index contributed by atoms with van der Waals surface area (Å²) in [6.07, 6.45) is 3.36. The van der Waals surface area contributed by atoms with E-state index in [0.29, 0.717) is 6.61 Å². The van der Waals surface area contributed by atoms with E-state index in [1.807, 2.05) is 19.1 Å². The van der Waals surface area contributed by atoms with E-state index in [1.54, 1.807) is 7.11 Å². The summed E-state index contributed by atoms with van der Waals surface area (Å²) in [5.41, 5.74) is 1.12. The predicted octanol–water partition coefficient (Wildman–Crippen LogP) is 3.39. The van der Waals surface area contributed by atoms with Gasteiger partial charge in [0.2, 0.25) is 0 Å². The SMILES string of the molecule is CCCCOCCCNCc1cccc(OCC)c1OC. The maximum Gasteiger partial charge on any atom is 0.165 e. The third-order valence-corrected chi connectivity index (χ3v) is 3.16. The molecule has 1 aromatic rings. The fraction of sp³-hybridized carbons (Fsp3) is 0.647. The zero-order chi connectivity index (χ0) is 15.3. The average Bonchev–Trinajstić information content (AvgIpc) is 2.50. The molecule has 0 aliphatic carbocycles. The van der Waals surface area contributed by atoms with Crippen molar-refractivity contribution in [2.75, 3.05) is 33.5 Å². The topological polar surface area (TPSA) is 39.7 Å². The molecule has 0 heterocycles. The van der Waals surface area contributed by atoms with Gasteiger partial charge < -0.3 is 19.5 Å². The van der Waals surface area contributed by atoms with Crippen molar-refractivity contribution in [2.24, 2.45) is 0 Å². The lowest BCUT2D eigenvalue weighted by atomic mass is 10.2. The summed E-state index contributed by atoms with van der Waals surface area (Å²) in [7, 11) is 1.68. The lowest BCUT2D eigenvalue weighted by molar-refractivity contribution is 0.128. The Kier molecular flexibility index (Phi) is 9.66. The summed E-state index contributed by atoms with van der Waals surface area (Å²) in [4.78, 5) is 0. The molecule has 0 spiro atoms. The number of unbranched alkanes of at least 4 members (excludes halogenated alkanes) is 1. The second-order valence-electron chi connectivity index (χ2n) is 4.88. The molecule has 1 rings (SSSR count). The number of para-hydroxylation sites is 1. The smallest absolute Gasteiger partial charge is 0.165 e. The molecule has 0 radical (unpaired) electrons. The van der Waals surface area contributed by atoms with Crippen LogP contribution in [0.3, 0.4) is 0 Å². The van der Waals surface area contributed by atoms with Crippen LogP contribution >= 0.6 is 0 Å². The molecule has 4 nitrogen and oxygen atoms in total. The molecule has 21 heavy (non-hydrogen) atoms. The molecule has 0 amide bonds. The number of methoxy groups -OCH3 is 1. The zero-order valence-corrected chi connectivity index (χ0v) is 13.6. The lowest BCUT2D eigenvalue weighted by Crippen LogP contribution is -2.17. The van der Waals surface area contributed by atoms with Gasteiger partial charge in [-0.3, -0.25) is 0 Å². The van der Waals surface area contributed by atoms with Crippen molar-refractivity contribution in [3.8, 4) is 11.5 Å². The third kappa shape index (κ3) is 6.82. The maximum absolute atomic E-state index is 5.58. The highest BCUT2D eigenvalue weighted by Crippen LogP contribution is 2.30. The second-order valence-corrected chi connectivity index (χ2v) is 4.88. The van der Waals surface area contributed by atoms with E-state index in [0.717, 1.165) is 56.2 Å². The second kappa shape index (κ2) is 11.4. The first-order valence-electron chi connectivity index (χ1n) is 7.90. The van der Waals surface area contributed by atoms with Crippen LogP contribution in [0.4, 0.5) is 0 Å². The van der Waals surface area contributed by atoms with Crippen molar-refractivity contribution < 1.29 is 14.2 Å². The van der Waals surface area contributed by atoms with Crippen molar-refractivity contribution in [2.45, 2.75) is 39.7 Å². The summed E-state index contributed by atoms with van der Waals surface area (Å²) < 4.78 is 16.6. The Hall–Kier alpha value is -1.26. The van der Waals surface area contributed by atoms with Gasteiger partial charge in [0.25, 0.3) is 0 Å². The van der Waals surface area contributed by atoms with Gasteiger partial charge in [-0.1, -0.05) is 25.5 Å². The molecule has 1 N–H and O–H groups in total. The molecule has 0 bridgehead atoms. The molecule has 1 aromatic carbocycles. The minimum atomic E-state index is 0.641. The van der Waals surface area contributed by atoms with Crippen molar-refractivity contribution in [1.29, 1.82) is 0 Å².